The molecule has 6 nitrogen and oxygen atoms in total. The van der Waals surface area contributed by atoms with Crippen molar-refractivity contribution in [3.63, 3.8) is 0 Å². The van der Waals surface area contributed by atoms with Crippen molar-refractivity contribution in [2.45, 2.75) is 25.0 Å². The van der Waals surface area contributed by atoms with Gasteiger partial charge in [-0.2, -0.15) is 0 Å². The molecule has 1 N–H and O–H groups in total. The minimum Gasteiger partial charge on any atom is -0.493 e. The summed E-state index contributed by atoms with van der Waals surface area (Å²) in [6.45, 7) is 1.70. The number of carbonyl (C=O) groups excluding carboxylic acids is 1. The number of aliphatic hydroxyl groups excluding tert-OH is 1. The molecule has 1 aliphatic heterocycles. The van der Waals surface area contributed by atoms with Crippen LogP contribution < -0.4 is 9.47 Å². The molecule has 0 radical (unpaired) electrons. The number of likely N-dealkylation sites (tertiary alicyclic amines) is 1. The lowest BCUT2D eigenvalue weighted by Gasteiger charge is -2.26. The van der Waals surface area contributed by atoms with E-state index in [1.807, 2.05) is 0 Å². The molecule has 2 aromatic rings. The van der Waals surface area contributed by atoms with Crippen LogP contribution in [0.1, 0.15) is 34.1 Å². The third-order valence-corrected chi connectivity index (χ3v) is 5.67. The lowest BCUT2D eigenvalue weighted by molar-refractivity contribution is 0.0596. The van der Waals surface area contributed by atoms with E-state index in [9.17, 15) is 9.90 Å². The summed E-state index contributed by atoms with van der Waals surface area (Å²) >= 11 is 1.76. The Labute approximate surface area is 163 Å². The maximum absolute atomic E-state index is 11.6. The number of esters is 1. The zero-order valence-corrected chi connectivity index (χ0v) is 16.4. The number of benzene rings is 1. The molecule has 3 rings (SSSR count). The van der Waals surface area contributed by atoms with Crippen molar-refractivity contribution < 1.29 is 24.1 Å². The lowest BCUT2D eigenvalue weighted by Crippen LogP contribution is -2.35. The van der Waals surface area contributed by atoms with Gasteiger partial charge in [-0.1, -0.05) is 6.07 Å². The van der Waals surface area contributed by atoms with Gasteiger partial charge in [-0.3, -0.25) is 4.90 Å². The number of methoxy groups -OCH3 is 2. The van der Waals surface area contributed by atoms with Crippen LogP contribution in [0.4, 0.5) is 0 Å². The maximum atomic E-state index is 11.6. The number of rotatable bonds is 8. The standard InChI is InChI=1S/C20H25NO5S/c1-24-18-11-14(20(23)25-2)7-8-17(18)26-13-15(22)12-21-9-3-5-16(21)19-6-4-10-27-19/h4,6-8,10-11,15-16,22H,3,5,9,12-13H2,1-2H3/t15-,16-/m1/s1. The second kappa shape index (κ2) is 9.21. The van der Waals surface area contributed by atoms with Crippen LogP contribution in [0.15, 0.2) is 35.7 Å². The molecule has 1 aliphatic rings. The number of carbonyl (C=O) groups is 1. The van der Waals surface area contributed by atoms with Gasteiger partial charge in [-0.15, -0.1) is 11.3 Å². The smallest absolute Gasteiger partial charge is 0.337 e. The Bertz CT molecular complexity index is 749. The molecule has 146 valence electrons. The molecule has 0 aliphatic carbocycles. The number of β-amino-alcohol motifs (C(OH)–C–C–N with tert-alkyl or cyclic N) is 1. The van der Waals surface area contributed by atoms with E-state index >= 15 is 0 Å². The molecule has 1 aromatic carbocycles. The third kappa shape index (κ3) is 4.80. The van der Waals surface area contributed by atoms with Gasteiger partial charge < -0.3 is 19.3 Å². The molecule has 2 atom stereocenters. The van der Waals surface area contributed by atoms with Crippen molar-refractivity contribution in [3.8, 4) is 11.5 Å². The number of hydrogen-bond acceptors (Lipinski definition) is 7. The molecular weight excluding hydrogens is 366 g/mol. The average molecular weight is 391 g/mol. The summed E-state index contributed by atoms with van der Waals surface area (Å²) in [6, 6.07) is 9.45. The second-order valence-electron chi connectivity index (χ2n) is 6.49. The quantitative estimate of drug-likeness (QED) is 0.698. The van der Waals surface area contributed by atoms with Gasteiger partial charge in [0.25, 0.3) is 0 Å². The Morgan fingerprint density at radius 1 is 1.33 bits per heavy atom. The summed E-state index contributed by atoms with van der Waals surface area (Å²) in [5, 5.41) is 12.5. The van der Waals surface area contributed by atoms with E-state index in [2.05, 4.69) is 22.4 Å². The topological polar surface area (TPSA) is 68.2 Å². The largest absolute Gasteiger partial charge is 0.493 e. The summed E-state index contributed by atoms with van der Waals surface area (Å²) in [6.07, 6.45) is 1.64. The van der Waals surface area contributed by atoms with Crippen LogP contribution in [-0.2, 0) is 4.74 Å². The highest BCUT2D eigenvalue weighted by Crippen LogP contribution is 2.34. The Kier molecular flexibility index (Phi) is 6.71. The lowest BCUT2D eigenvalue weighted by atomic mass is 10.2. The molecule has 0 amide bonds. The fourth-order valence-electron chi connectivity index (χ4n) is 3.39. The van der Waals surface area contributed by atoms with Gasteiger partial charge in [-0.25, -0.2) is 4.79 Å². The molecule has 27 heavy (non-hydrogen) atoms. The first-order valence-corrected chi connectivity index (χ1v) is 9.85. The van der Waals surface area contributed by atoms with Crippen LogP contribution >= 0.6 is 11.3 Å². The molecular formula is C20H25NO5S. The van der Waals surface area contributed by atoms with E-state index in [1.165, 1.54) is 19.1 Å². The van der Waals surface area contributed by atoms with Gasteiger partial charge in [-0.05, 0) is 49.0 Å². The first-order valence-electron chi connectivity index (χ1n) is 8.97. The number of ether oxygens (including phenoxy) is 3. The van der Waals surface area contributed by atoms with Crippen LogP contribution in [0.2, 0.25) is 0 Å². The minimum atomic E-state index is -0.615. The highest BCUT2D eigenvalue weighted by Gasteiger charge is 2.28. The van der Waals surface area contributed by atoms with Gasteiger partial charge >= 0.3 is 5.97 Å². The zero-order chi connectivity index (χ0) is 19.2. The van der Waals surface area contributed by atoms with E-state index in [4.69, 9.17) is 14.2 Å². The predicted octanol–water partition coefficient (Wildman–Crippen LogP) is 3.12. The number of thiophene rings is 1. The Morgan fingerprint density at radius 3 is 2.89 bits per heavy atom. The first kappa shape index (κ1) is 19.7. The van der Waals surface area contributed by atoms with E-state index in [0.717, 1.165) is 19.4 Å². The minimum absolute atomic E-state index is 0.154. The summed E-state index contributed by atoms with van der Waals surface area (Å²) in [7, 11) is 2.84. The van der Waals surface area contributed by atoms with Crippen molar-refractivity contribution >= 4 is 17.3 Å². The molecule has 2 heterocycles. The second-order valence-corrected chi connectivity index (χ2v) is 7.47. The van der Waals surface area contributed by atoms with Crippen molar-refractivity contribution in [3.05, 3.63) is 46.2 Å². The Balaban J connectivity index is 1.57. The molecule has 0 saturated carbocycles. The fraction of sp³-hybridized carbons (Fsp3) is 0.450. The van der Waals surface area contributed by atoms with Gasteiger partial charge in [0.05, 0.1) is 19.8 Å². The molecule has 1 fully saturated rings. The van der Waals surface area contributed by atoms with Crippen molar-refractivity contribution in [2.75, 3.05) is 33.9 Å². The average Bonchev–Trinajstić information content (AvgIpc) is 3.37. The summed E-state index contributed by atoms with van der Waals surface area (Å²) in [4.78, 5) is 15.3. The molecule has 0 spiro atoms. The van der Waals surface area contributed by atoms with Crippen molar-refractivity contribution in [2.24, 2.45) is 0 Å². The molecule has 1 saturated heterocycles. The van der Waals surface area contributed by atoms with Gasteiger partial charge in [0, 0.05) is 17.5 Å². The van der Waals surface area contributed by atoms with Crippen LogP contribution in [0.5, 0.6) is 11.5 Å². The SMILES string of the molecule is COC(=O)c1ccc(OC[C@H](O)CN2CCC[C@@H]2c2cccs2)c(OC)c1. The highest BCUT2D eigenvalue weighted by atomic mass is 32.1. The van der Waals surface area contributed by atoms with E-state index in [-0.39, 0.29) is 6.61 Å². The predicted molar refractivity (Wildman–Crippen MR) is 104 cm³/mol. The van der Waals surface area contributed by atoms with E-state index < -0.39 is 12.1 Å². The van der Waals surface area contributed by atoms with Crippen LogP contribution in [0.3, 0.4) is 0 Å². The van der Waals surface area contributed by atoms with Gasteiger partial charge in [0.2, 0.25) is 0 Å². The molecule has 1 aromatic heterocycles. The van der Waals surface area contributed by atoms with E-state index in [0.29, 0.717) is 29.6 Å². The van der Waals surface area contributed by atoms with Crippen LogP contribution in [0.25, 0.3) is 0 Å². The van der Waals surface area contributed by atoms with Crippen molar-refractivity contribution in [1.82, 2.24) is 4.90 Å². The molecule has 7 heteroatoms. The van der Waals surface area contributed by atoms with Crippen molar-refractivity contribution in [1.29, 1.82) is 0 Å². The summed E-state index contributed by atoms with van der Waals surface area (Å²) in [5.41, 5.74) is 0.387. The Morgan fingerprint density at radius 2 is 2.19 bits per heavy atom. The third-order valence-electron chi connectivity index (χ3n) is 4.70. The number of hydrogen-bond donors (Lipinski definition) is 1. The van der Waals surface area contributed by atoms with E-state index in [1.54, 1.807) is 29.5 Å². The first-order chi connectivity index (χ1) is 13.1. The van der Waals surface area contributed by atoms with Crippen LogP contribution in [0, 0.1) is 0 Å². The summed E-state index contributed by atoms with van der Waals surface area (Å²) < 4.78 is 15.7. The summed E-state index contributed by atoms with van der Waals surface area (Å²) in [5.74, 6) is 0.483. The Hall–Kier alpha value is -2.09. The molecule has 0 bridgehead atoms. The normalized spacial score (nSPS) is 18.3. The zero-order valence-electron chi connectivity index (χ0n) is 15.6. The maximum Gasteiger partial charge on any atom is 0.337 e. The fourth-order valence-corrected chi connectivity index (χ4v) is 4.28. The monoisotopic (exact) mass is 391 g/mol. The number of aliphatic hydroxyl groups is 1. The highest BCUT2D eigenvalue weighted by molar-refractivity contribution is 7.10. The van der Waals surface area contributed by atoms with Crippen LogP contribution in [-0.4, -0.2) is 56.0 Å². The molecule has 0 unspecified atom stereocenters. The van der Waals surface area contributed by atoms with Gasteiger partial charge in [0.1, 0.15) is 12.7 Å². The number of nitrogens with zero attached hydrogens (tertiary/aromatic N) is 1. The van der Waals surface area contributed by atoms with Gasteiger partial charge in [0.15, 0.2) is 11.5 Å².